The van der Waals surface area contributed by atoms with E-state index in [4.69, 9.17) is 5.11 Å². The lowest BCUT2D eigenvalue weighted by Gasteiger charge is -2.02. The van der Waals surface area contributed by atoms with E-state index in [0.29, 0.717) is 5.75 Å². The van der Waals surface area contributed by atoms with Crippen molar-refractivity contribution < 1.29 is 9.32 Å². The quantitative estimate of drug-likeness (QED) is 0.478. The first-order chi connectivity index (χ1) is 8.81. The Balaban J connectivity index is 2.97. The average Bonchev–Trinajstić information content (AvgIpc) is 2.39. The third-order valence-corrected chi connectivity index (χ3v) is 4.40. The van der Waals surface area contributed by atoms with Gasteiger partial charge < -0.3 is 5.11 Å². The third-order valence-electron chi connectivity index (χ3n) is 3.37. The second-order valence-corrected chi connectivity index (χ2v) is 6.71. The first-order valence-corrected chi connectivity index (χ1v) is 9.26. The highest BCUT2D eigenvalue weighted by Crippen LogP contribution is 2.11. The molecule has 0 bridgehead atoms. The third kappa shape index (κ3) is 14.2. The van der Waals surface area contributed by atoms with Gasteiger partial charge in [0.2, 0.25) is 0 Å². The molecule has 0 heterocycles. The molecule has 0 rings (SSSR count). The SMILES string of the molecule is CCCCCCCCCCCCCCS(=O)CO. The summed E-state index contributed by atoms with van der Waals surface area (Å²) in [7, 11) is -0.986. The van der Waals surface area contributed by atoms with Crippen LogP contribution in [0.4, 0.5) is 0 Å². The Morgan fingerprint density at radius 1 is 0.722 bits per heavy atom. The standard InChI is InChI=1S/C15H32O2S/c1-2-3-4-5-6-7-8-9-10-11-12-13-14-18(17)15-16/h16H,2-15H2,1H3. The topological polar surface area (TPSA) is 37.3 Å². The van der Waals surface area contributed by atoms with Gasteiger partial charge >= 0.3 is 0 Å². The van der Waals surface area contributed by atoms with Crippen LogP contribution in [0.2, 0.25) is 0 Å². The van der Waals surface area contributed by atoms with Crippen LogP contribution in [0.5, 0.6) is 0 Å². The lowest BCUT2D eigenvalue weighted by molar-refractivity contribution is 0.368. The number of aliphatic hydroxyl groups excluding tert-OH is 1. The summed E-state index contributed by atoms with van der Waals surface area (Å²) < 4.78 is 11.0. The van der Waals surface area contributed by atoms with Gasteiger partial charge in [0.1, 0.15) is 5.94 Å². The van der Waals surface area contributed by atoms with Crippen LogP contribution in [-0.2, 0) is 10.8 Å². The summed E-state index contributed by atoms with van der Waals surface area (Å²) in [6.45, 7) is 2.26. The van der Waals surface area contributed by atoms with Crippen LogP contribution < -0.4 is 0 Å². The zero-order chi connectivity index (χ0) is 13.5. The molecule has 0 fully saturated rings. The molecule has 110 valence electrons. The van der Waals surface area contributed by atoms with E-state index in [2.05, 4.69) is 6.92 Å². The Morgan fingerprint density at radius 3 is 1.50 bits per heavy atom. The summed E-state index contributed by atoms with van der Waals surface area (Å²) in [5.41, 5.74) is 0. The highest BCUT2D eigenvalue weighted by Gasteiger charge is 1.97. The van der Waals surface area contributed by atoms with Crippen molar-refractivity contribution in [3.63, 3.8) is 0 Å². The van der Waals surface area contributed by atoms with E-state index in [0.717, 1.165) is 6.42 Å². The van der Waals surface area contributed by atoms with Crippen molar-refractivity contribution in [3.8, 4) is 0 Å². The Kier molecular flexibility index (Phi) is 15.3. The Morgan fingerprint density at radius 2 is 1.11 bits per heavy atom. The highest BCUT2D eigenvalue weighted by molar-refractivity contribution is 7.84. The van der Waals surface area contributed by atoms with Crippen LogP contribution in [0.1, 0.15) is 84.0 Å². The van der Waals surface area contributed by atoms with Crippen LogP contribution in [0.25, 0.3) is 0 Å². The molecule has 0 aliphatic carbocycles. The van der Waals surface area contributed by atoms with Gasteiger partial charge in [-0.05, 0) is 6.42 Å². The molecule has 0 radical (unpaired) electrons. The average molecular weight is 276 g/mol. The maximum Gasteiger partial charge on any atom is 0.118 e. The molecule has 0 aliphatic heterocycles. The largest absolute Gasteiger partial charge is 0.383 e. The molecule has 0 aliphatic rings. The number of unbranched alkanes of at least 4 members (excludes halogenated alkanes) is 11. The number of rotatable bonds is 14. The monoisotopic (exact) mass is 276 g/mol. The van der Waals surface area contributed by atoms with Crippen molar-refractivity contribution in [3.05, 3.63) is 0 Å². The van der Waals surface area contributed by atoms with E-state index >= 15 is 0 Å². The van der Waals surface area contributed by atoms with Crippen LogP contribution >= 0.6 is 0 Å². The molecule has 0 saturated heterocycles. The van der Waals surface area contributed by atoms with Crippen LogP contribution in [-0.4, -0.2) is 21.0 Å². The fourth-order valence-corrected chi connectivity index (χ4v) is 2.82. The minimum atomic E-state index is -0.986. The summed E-state index contributed by atoms with van der Waals surface area (Å²) in [4.78, 5) is 0. The molecular weight excluding hydrogens is 244 g/mol. The molecule has 0 aromatic carbocycles. The van der Waals surface area contributed by atoms with Crippen molar-refractivity contribution in [1.29, 1.82) is 0 Å². The fourth-order valence-electron chi connectivity index (χ4n) is 2.17. The smallest absolute Gasteiger partial charge is 0.118 e. The molecule has 0 spiro atoms. The van der Waals surface area contributed by atoms with Gasteiger partial charge in [-0.3, -0.25) is 4.21 Å². The second-order valence-electron chi connectivity index (χ2n) is 5.16. The summed E-state index contributed by atoms with van der Waals surface area (Å²) in [6, 6.07) is 0. The molecular formula is C15H32O2S. The van der Waals surface area contributed by atoms with Gasteiger partial charge in [-0.1, -0.05) is 77.6 Å². The van der Waals surface area contributed by atoms with E-state index in [-0.39, 0.29) is 5.94 Å². The van der Waals surface area contributed by atoms with E-state index < -0.39 is 10.8 Å². The predicted molar refractivity (Wildman–Crippen MR) is 81.2 cm³/mol. The van der Waals surface area contributed by atoms with Crippen LogP contribution in [0, 0.1) is 0 Å². The predicted octanol–water partition coefficient (Wildman–Crippen LogP) is 4.39. The summed E-state index contributed by atoms with van der Waals surface area (Å²) in [5, 5.41) is 8.61. The van der Waals surface area contributed by atoms with E-state index in [9.17, 15) is 4.21 Å². The van der Waals surface area contributed by atoms with Crippen molar-refractivity contribution in [2.45, 2.75) is 84.0 Å². The zero-order valence-electron chi connectivity index (χ0n) is 12.2. The van der Waals surface area contributed by atoms with Crippen molar-refractivity contribution in [2.75, 3.05) is 11.7 Å². The summed E-state index contributed by atoms with van der Waals surface area (Å²) >= 11 is 0. The van der Waals surface area contributed by atoms with Gasteiger partial charge in [-0.15, -0.1) is 0 Å². The van der Waals surface area contributed by atoms with Crippen LogP contribution in [0.15, 0.2) is 0 Å². The molecule has 1 N–H and O–H groups in total. The lowest BCUT2D eigenvalue weighted by Crippen LogP contribution is -2.01. The molecule has 1 unspecified atom stereocenters. The number of hydrogen-bond donors (Lipinski definition) is 1. The zero-order valence-corrected chi connectivity index (χ0v) is 13.0. The van der Waals surface area contributed by atoms with Crippen molar-refractivity contribution in [1.82, 2.24) is 0 Å². The molecule has 0 aromatic rings. The summed E-state index contributed by atoms with van der Waals surface area (Å²) in [6.07, 6.45) is 15.9. The van der Waals surface area contributed by atoms with Gasteiger partial charge in [-0.25, -0.2) is 0 Å². The minimum absolute atomic E-state index is 0.169. The van der Waals surface area contributed by atoms with E-state index in [1.54, 1.807) is 0 Å². The van der Waals surface area contributed by atoms with Gasteiger partial charge in [0.15, 0.2) is 0 Å². The molecule has 0 amide bonds. The highest BCUT2D eigenvalue weighted by atomic mass is 32.2. The Labute approximate surface area is 116 Å². The molecule has 1 atom stereocenters. The Bertz CT molecular complexity index is 183. The van der Waals surface area contributed by atoms with Crippen LogP contribution in [0.3, 0.4) is 0 Å². The second kappa shape index (κ2) is 15.2. The molecule has 0 saturated carbocycles. The van der Waals surface area contributed by atoms with Gasteiger partial charge in [0.25, 0.3) is 0 Å². The van der Waals surface area contributed by atoms with E-state index in [1.165, 1.54) is 70.6 Å². The van der Waals surface area contributed by atoms with Crippen molar-refractivity contribution >= 4 is 10.8 Å². The number of hydrogen-bond acceptors (Lipinski definition) is 2. The van der Waals surface area contributed by atoms with E-state index in [1.807, 2.05) is 0 Å². The normalized spacial score (nSPS) is 12.8. The summed E-state index contributed by atoms with van der Waals surface area (Å²) in [5.74, 6) is 0.506. The van der Waals surface area contributed by atoms with Crippen molar-refractivity contribution in [2.24, 2.45) is 0 Å². The molecule has 3 heteroatoms. The first kappa shape index (κ1) is 18.1. The fraction of sp³-hybridized carbons (Fsp3) is 1.00. The molecule has 2 nitrogen and oxygen atoms in total. The molecule has 18 heavy (non-hydrogen) atoms. The minimum Gasteiger partial charge on any atom is -0.383 e. The molecule has 0 aromatic heterocycles. The van der Waals surface area contributed by atoms with Gasteiger partial charge in [0.05, 0.1) is 0 Å². The Hall–Kier alpha value is 0.110. The lowest BCUT2D eigenvalue weighted by atomic mass is 10.1. The first-order valence-electron chi connectivity index (χ1n) is 7.77. The van der Waals surface area contributed by atoms with Gasteiger partial charge in [-0.2, -0.15) is 0 Å². The van der Waals surface area contributed by atoms with Gasteiger partial charge in [0, 0.05) is 16.6 Å². The number of aliphatic hydroxyl groups is 1. The maximum absolute atomic E-state index is 11.0. The maximum atomic E-state index is 11.0.